The van der Waals surface area contributed by atoms with Crippen molar-refractivity contribution in [2.24, 2.45) is 0 Å². The number of aromatic nitrogens is 2. The van der Waals surface area contributed by atoms with Crippen molar-refractivity contribution in [2.45, 2.75) is 70.0 Å². The van der Waals surface area contributed by atoms with Crippen LogP contribution in [-0.4, -0.2) is 26.0 Å². The van der Waals surface area contributed by atoms with Gasteiger partial charge in [-0.25, -0.2) is 9.36 Å². The predicted octanol–water partition coefficient (Wildman–Crippen LogP) is 1.67. The normalized spacial score (nSPS) is 19.6. The van der Waals surface area contributed by atoms with Gasteiger partial charge >= 0.3 is 5.69 Å². The summed E-state index contributed by atoms with van der Waals surface area (Å²) in [5, 5.41) is 9.22. The summed E-state index contributed by atoms with van der Waals surface area (Å²) in [6, 6.07) is 2.08. The fourth-order valence-corrected chi connectivity index (χ4v) is 3.63. The molecule has 2 saturated carbocycles. The van der Waals surface area contributed by atoms with E-state index in [9.17, 15) is 19.6 Å². The van der Waals surface area contributed by atoms with Crippen molar-refractivity contribution in [3.63, 3.8) is 0 Å². The number of rotatable bonds is 5. The summed E-state index contributed by atoms with van der Waals surface area (Å²) in [5.41, 5.74) is -0.218. The first-order chi connectivity index (χ1) is 12.6. The van der Waals surface area contributed by atoms with Crippen LogP contribution < -0.4 is 11.2 Å². The van der Waals surface area contributed by atoms with Gasteiger partial charge in [-0.05, 0) is 51.4 Å². The van der Waals surface area contributed by atoms with Crippen molar-refractivity contribution in [2.75, 3.05) is 0 Å². The maximum atomic E-state index is 13.0. The molecule has 0 bridgehead atoms. The van der Waals surface area contributed by atoms with Gasteiger partial charge in [0.05, 0.1) is 0 Å². The second-order valence-corrected chi connectivity index (χ2v) is 7.40. The number of carbonyl (C=O) groups is 1. The summed E-state index contributed by atoms with van der Waals surface area (Å²) in [5.74, 6) is -0.225. The Bertz CT molecular complexity index is 926. The molecule has 3 aliphatic rings. The zero-order valence-electron chi connectivity index (χ0n) is 14.7. The average Bonchev–Trinajstić information content (AvgIpc) is 3.53. The largest absolute Gasteiger partial charge is 0.331 e. The molecule has 0 atom stereocenters. The minimum Gasteiger partial charge on any atom is -0.312 e. The first kappa shape index (κ1) is 16.8. The van der Waals surface area contributed by atoms with Crippen molar-refractivity contribution in [3.05, 3.63) is 44.4 Å². The topological polar surface area (TPSA) is 88.1 Å². The molecular formula is C19H22N4O3. The second kappa shape index (κ2) is 6.60. The van der Waals surface area contributed by atoms with E-state index in [-0.39, 0.29) is 30.1 Å². The van der Waals surface area contributed by atoms with Gasteiger partial charge in [-0.1, -0.05) is 6.08 Å². The van der Waals surface area contributed by atoms with Crippen molar-refractivity contribution in [1.82, 2.24) is 14.0 Å². The van der Waals surface area contributed by atoms with Crippen LogP contribution in [0.4, 0.5) is 0 Å². The van der Waals surface area contributed by atoms with Gasteiger partial charge < -0.3 is 4.90 Å². The molecule has 7 heteroatoms. The quantitative estimate of drug-likeness (QED) is 0.804. The van der Waals surface area contributed by atoms with Crippen LogP contribution in [0.1, 0.15) is 63.0 Å². The molecule has 0 spiro atoms. The molecule has 4 rings (SSSR count). The van der Waals surface area contributed by atoms with Crippen molar-refractivity contribution in [1.29, 1.82) is 5.26 Å². The molecule has 1 heterocycles. The number of nitriles is 1. The smallest absolute Gasteiger partial charge is 0.312 e. The Hall–Kier alpha value is -2.62. The van der Waals surface area contributed by atoms with E-state index >= 15 is 0 Å². The number of nitrogens with zero attached hydrogens (tertiary/aromatic N) is 4. The minimum absolute atomic E-state index is 0.0390. The number of hydrogen-bond acceptors (Lipinski definition) is 4. The molecule has 0 saturated heterocycles. The fraction of sp³-hybridized carbons (Fsp3) is 0.579. The van der Waals surface area contributed by atoms with E-state index in [1.165, 1.54) is 10.8 Å². The van der Waals surface area contributed by atoms with Crippen LogP contribution in [0.15, 0.2) is 27.6 Å². The number of carbonyl (C=O) groups excluding carboxylic acids is 1. The van der Waals surface area contributed by atoms with E-state index in [2.05, 4.69) is 6.08 Å². The van der Waals surface area contributed by atoms with Crippen LogP contribution >= 0.6 is 0 Å². The molecule has 0 N–H and O–H groups in total. The number of hydrogen-bond donors (Lipinski definition) is 0. The molecule has 0 unspecified atom stereocenters. The first-order valence-electron chi connectivity index (χ1n) is 9.37. The molecule has 136 valence electrons. The lowest BCUT2D eigenvalue weighted by Crippen LogP contribution is -2.45. The third kappa shape index (κ3) is 3.12. The highest BCUT2D eigenvalue weighted by atomic mass is 16.2. The second-order valence-electron chi connectivity index (χ2n) is 7.40. The lowest BCUT2D eigenvalue weighted by molar-refractivity contribution is -0.130. The van der Waals surface area contributed by atoms with E-state index in [4.69, 9.17) is 0 Å². The van der Waals surface area contributed by atoms with E-state index < -0.39 is 11.2 Å². The van der Waals surface area contributed by atoms with Gasteiger partial charge in [-0.15, -0.1) is 0 Å². The summed E-state index contributed by atoms with van der Waals surface area (Å²) in [6.45, 7) is -0.298. The lowest BCUT2D eigenvalue weighted by atomic mass is 10.0. The fourth-order valence-electron chi connectivity index (χ4n) is 3.63. The van der Waals surface area contributed by atoms with Gasteiger partial charge in [-0.2, -0.15) is 5.26 Å². The lowest BCUT2D eigenvalue weighted by Gasteiger charge is -2.28. The van der Waals surface area contributed by atoms with Gasteiger partial charge in [0.1, 0.15) is 18.2 Å². The Kier molecular flexibility index (Phi) is 4.27. The maximum absolute atomic E-state index is 13.0. The predicted molar refractivity (Wildman–Crippen MR) is 94.4 cm³/mol. The molecule has 1 aromatic rings. The Morgan fingerprint density at radius 3 is 2.58 bits per heavy atom. The Balaban J connectivity index is 1.67. The number of amides is 1. The van der Waals surface area contributed by atoms with Crippen LogP contribution in [-0.2, 0) is 11.3 Å². The molecule has 2 fully saturated rings. The monoisotopic (exact) mass is 354 g/mol. The van der Waals surface area contributed by atoms with Crippen LogP contribution in [0.5, 0.6) is 0 Å². The van der Waals surface area contributed by atoms with E-state index in [0.717, 1.165) is 61.6 Å². The maximum Gasteiger partial charge on any atom is 0.331 e. The van der Waals surface area contributed by atoms with Crippen molar-refractivity contribution in [3.8, 4) is 6.07 Å². The summed E-state index contributed by atoms with van der Waals surface area (Å²) in [7, 11) is 0. The Labute approximate surface area is 151 Å². The zero-order chi connectivity index (χ0) is 18.3. The molecule has 1 aromatic heterocycles. The van der Waals surface area contributed by atoms with E-state index in [1.54, 1.807) is 4.90 Å². The standard InChI is InChI=1S/C19H22N4O3/c20-10-13-11-21(14-6-7-14)19(26)22(18(13)25)12-17(24)23(16-8-9-16)15-4-2-1-3-5-15/h4,11,14,16H,1-3,5-9,12H2. The first-order valence-corrected chi connectivity index (χ1v) is 9.37. The average molecular weight is 354 g/mol. The Morgan fingerprint density at radius 1 is 1.23 bits per heavy atom. The summed E-state index contributed by atoms with van der Waals surface area (Å²) >= 11 is 0. The Morgan fingerprint density at radius 2 is 2.00 bits per heavy atom. The highest BCUT2D eigenvalue weighted by Crippen LogP contribution is 2.34. The third-order valence-electron chi connectivity index (χ3n) is 5.31. The minimum atomic E-state index is -0.670. The summed E-state index contributed by atoms with van der Waals surface area (Å²) in [6.07, 6.45) is 11.1. The highest BCUT2D eigenvalue weighted by molar-refractivity contribution is 5.78. The summed E-state index contributed by atoms with van der Waals surface area (Å²) in [4.78, 5) is 40.0. The molecule has 0 radical (unpaired) electrons. The third-order valence-corrected chi connectivity index (χ3v) is 5.31. The molecule has 0 aromatic carbocycles. The molecule has 0 aliphatic heterocycles. The van der Waals surface area contributed by atoms with Crippen LogP contribution in [0.2, 0.25) is 0 Å². The molecule has 3 aliphatic carbocycles. The van der Waals surface area contributed by atoms with E-state index in [1.807, 2.05) is 6.07 Å². The zero-order valence-corrected chi connectivity index (χ0v) is 14.7. The molecular weight excluding hydrogens is 332 g/mol. The van der Waals surface area contributed by atoms with Gasteiger partial charge in [0.2, 0.25) is 5.91 Å². The van der Waals surface area contributed by atoms with Crippen LogP contribution in [0.25, 0.3) is 0 Å². The van der Waals surface area contributed by atoms with Gasteiger partial charge in [0.25, 0.3) is 5.56 Å². The van der Waals surface area contributed by atoms with Gasteiger partial charge in [0.15, 0.2) is 0 Å². The summed E-state index contributed by atoms with van der Waals surface area (Å²) < 4.78 is 2.38. The van der Waals surface area contributed by atoms with Gasteiger partial charge in [0, 0.05) is 24.0 Å². The van der Waals surface area contributed by atoms with Gasteiger partial charge in [-0.3, -0.25) is 14.2 Å². The van der Waals surface area contributed by atoms with Crippen LogP contribution in [0, 0.1) is 11.3 Å². The number of allylic oxidation sites excluding steroid dienone is 2. The SMILES string of the molecule is N#Cc1cn(C2CC2)c(=O)n(CC(=O)N(C2=CCCCC2)C2CC2)c1=O. The molecule has 26 heavy (non-hydrogen) atoms. The van der Waals surface area contributed by atoms with Crippen molar-refractivity contribution < 1.29 is 4.79 Å². The molecule has 1 amide bonds. The van der Waals surface area contributed by atoms with Crippen molar-refractivity contribution >= 4 is 5.91 Å². The van der Waals surface area contributed by atoms with E-state index in [0.29, 0.717) is 0 Å². The van der Waals surface area contributed by atoms with Crippen LogP contribution in [0.3, 0.4) is 0 Å². The molecule has 7 nitrogen and oxygen atoms in total. The highest BCUT2D eigenvalue weighted by Gasteiger charge is 2.36.